The van der Waals surface area contributed by atoms with Gasteiger partial charge in [0.1, 0.15) is 16.9 Å². The summed E-state index contributed by atoms with van der Waals surface area (Å²) < 4.78 is 18.9. The van der Waals surface area contributed by atoms with E-state index in [9.17, 15) is 14.4 Å². The van der Waals surface area contributed by atoms with Crippen LogP contribution in [0.15, 0.2) is 52.4 Å². The number of ether oxygens (including phenoxy) is 3. The maximum absolute atomic E-state index is 13.5. The zero-order valence-corrected chi connectivity index (χ0v) is 21.6. The van der Waals surface area contributed by atoms with Crippen molar-refractivity contribution in [3.63, 3.8) is 0 Å². The van der Waals surface area contributed by atoms with Crippen molar-refractivity contribution in [1.29, 1.82) is 0 Å². The first kappa shape index (κ1) is 25.6. The van der Waals surface area contributed by atoms with Gasteiger partial charge in [0, 0.05) is 17.8 Å². The number of aromatic nitrogens is 3. The molecule has 4 aromatic rings. The Balaban J connectivity index is 2.11. The molecule has 0 atom stereocenters. The average Bonchev–Trinajstić information content (AvgIpc) is 2.88. The third kappa shape index (κ3) is 4.57. The van der Waals surface area contributed by atoms with E-state index in [0.29, 0.717) is 22.8 Å². The minimum atomic E-state index is -0.702. The number of aryl methyl sites for hydroxylation is 1. The minimum absolute atomic E-state index is 0.0108. The molecule has 0 spiro atoms. The molecule has 0 aliphatic heterocycles. The van der Waals surface area contributed by atoms with E-state index in [-0.39, 0.29) is 40.2 Å². The summed E-state index contributed by atoms with van der Waals surface area (Å²) >= 11 is 0. The molecule has 10 heteroatoms. The molecule has 0 unspecified atom stereocenters. The number of rotatable bonds is 6. The highest BCUT2D eigenvalue weighted by atomic mass is 16.5. The Morgan fingerprint density at radius 2 is 1.78 bits per heavy atom. The summed E-state index contributed by atoms with van der Waals surface area (Å²) in [7, 11) is 2.96. The van der Waals surface area contributed by atoms with Gasteiger partial charge in [-0.25, -0.2) is 9.78 Å². The molecule has 0 fully saturated rings. The predicted octanol–water partition coefficient (Wildman–Crippen LogP) is 3.47. The van der Waals surface area contributed by atoms with Crippen LogP contribution in [0.1, 0.15) is 53.1 Å². The summed E-state index contributed by atoms with van der Waals surface area (Å²) in [4.78, 5) is 49.0. The number of hydrogen-bond acceptors (Lipinski definition) is 7. The summed E-state index contributed by atoms with van der Waals surface area (Å²) in [6.45, 7) is 7.35. The quantitative estimate of drug-likeness (QED) is 0.292. The maximum Gasteiger partial charge on any atom is 0.341 e. The van der Waals surface area contributed by atoms with E-state index in [2.05, 4.69) is 4.99 Å². The van der Waals surface area contributed by atoms with Gasteiger partial charge < -0.3 is 18.8 Å². The van der Waals surface area contributed by atoms with Crippen molar-refractivity contribution < 1.29 is 23.8 Å². The van der Waals surface area contributed by atoms with Crippen LogP contribution in [0.3, 0.4) is 0 Å². The highest BCUT2D eigenvalue weighted by Crippen LogP contribution is 2.28. The molecule has 0 bridgehead atoms. The summed E-state index contributed by atoms with van der Waals surface area (Å²) in [5.74, 6) is -0.498. The number of nitrogens with zero attached hydrogens (tertiary/aromatic N) is 4. The van der Waals surface area contributed by atoms with E-state index in [0.717, 1.165) is 5.56 Å². The van der Waals surface area contributed by atoms with Crippen LogP contribution in [-0.2, 0) is 4.74 Å². The smallest absolute Gasteiger partial charge is 0.341 e. The Labute approximate surface area is 212 Å². The van der Waals surface area contributed by atoms with Gasteiger partial charge >= 0.3 is 5.97 Å². The van der Waals surface area contributed by atoms with Crippen molar-refractivity contribution in [2.24, 2.45) is 4.99 Å². The zero-order chi connectivity index (χ0) is 26.9. The highest BCUT2D eigenvalue weighted by Gasteiger charge is 2.22. The van der Waals surface area contributed by atoms with Gasteiger partial charge in [0.25, 0.3) is 11.5 Å². The minimum Gasteiger partial charge on any atom is -0.493 e. The number of amides is 1. The molecule has 0 N–H and O–H groups in total. The highest BCUT2D eigenvalue weighted by molar-refractivity contribution is 5.97. The van der Waals surface area contributed by atoms with E-state index in [1.807, 2.05) is 26.8 Å². The van der Waals surface area contributed by atoms with Gasteiger partial charge in [-0.05, 0) is 63.6 Å². The van der Waals surface area contributed by atoms with Crippen LogP contribution in [0, 0.1) is 6.92 Å². The number of hydrogen-bond donors (Lipinski definition) is 0. The van der Waals surface area contributed by atoms with Gasteiger partial charge in [0.15, 0.2) is 17.0 Å². The number of carbonyl (C=O) groups is 2. The van der Waals surface area contributed by atoms with Crippen LogP contribution >= 0.6 is 0 Å². The Morgan fingerprint density at radius 1 is 1.05 bits per heavy atom. The lowest BCUT2D eigenvalue weighted by Gasteiger charge is -2.18. The predicted molar refractivity (Wildman–Crippen MR) is 137 cm³/mol. The zero-order valence-electron chi connectivity index (χ0n) is 21.6. The molecule has 3 aromatic heterocycles. The van der Waals surface area contributed by atoms with Gasteiger partial charge in [0.05, 0.1) is 26.2 Å². The molecule has 0 aliphatic carbocycles. The van der Waals surface area contributed by atoms with Gasteiger partial charge in [0.2, 0.25) is 0 Å². The van der Waals surface area contributed by atoms with E-state index < -0.39 is 11.9 Å². The first-order valence-corrected chi connectivity index (χ1v) is 11.8. The molecular weight excluding hydrogens is 476 g/mol. The first-order chi connectivity index (χ1) is 17.7. The average molecular weight is 505 g/mol. The maximum atomic E-state index is 13.5. The van der Waals surface area contributed by atoms with E-state index in [4.69, 9.17) is 19.2 Å². The molecule has 192 valence electrons. The van der Waals surface area contributed by atoms with Crippen molar-refractivity contribution in [2.75, 3.05) is 20.8 Å². The standard InChI is InChI=1S/C27H28N4O6/c1-7-37-27(34)19-14-18-23(28-22-16(4)9-8-12-30(22)26(18)33)31(15(2)3)24(19)29-25(32)17-10-11-20(35-5)21(13-17)36-6/h8-15H,7H2,1-6H3. The molecular formula is C27H28N4O6. The summed E-state index contributed by atoms with van der Waals surface area (Å²) in [5.41, 5.74) is 1.49. The lowest BCUT2D eigenvalue weighted by Crippen LogP contribution is -2.33. The van der Waals surface area contributed by atoms with Crippen molar-refractivity contribution in [1.82, 2.24) is 14.0 Å². The van der Waals surface area contributed by atoms with Crippen molar-refractivity contribution in [3.8, 4) is 11.5 Å². The summed E-state index contributed by atoms with van der Waals surface area (Å²) in [5, 5.41) is 0.206. The van der Waals surface area contributed by atoms with E-state index in [1.165, 1.54) is 30.8 Å². The second-order valence-electron chi connectivity index (χ2n) is 8.59. The summed E-state index contributed by atoms with van der Waals surface area (Å²) in [6.07, 6.45) is 1.62. The van der Waals surface area contributed by atoms with Gasteiger partial charge in [-0.1, -0.05) is 6.07 Å². The summed E-state index contributed by atoms with van der Waals surface area (Å²) in [6, 6.07) is 9.36. The Morgan fingerprint density at radius 3 is 2.43 bits per heavy atom. The van der Waals surface area contributed by atoms with Crippen molar-refractivity contribution in [2.45, 2.75) is 33.7 Å². The molecule has 1 aromatic carbocycles. The van der Waals surface area contributed by atoms with Gasteiger partial charge in [-0.2, -0.15) is 4.99 Å². The van der Waals surface area contributed by atoms with Crippen LogP contribution in [0.4, 0.5) is 0 Å². The van der Waals surface area contributed by atoms with E-state index in [1.54, 1.807) is 35.9 Å². The van der Waals surface area contributed by atoms with E-state index >= 15 is 0 Å². The molecule has 3 heterocycles. The largest absolute Gasteiger partial charge is 0.493 e. The number of methoxy groups -OCH3 is 2. The third-order valence-electron chi connectivity index (χ3n) is 5.90. The molecule has 0 aliphatic rings. The van der Waals surface area contributed by atoms with Gasteiger partial charge in [-0.15, -0.1) is 0 Å². The topological polar surface area (TPSA) is 113 Å². The van der Waals surface area contributed by atoms with Gasteiger partial charge in [-0.3, -0.25) is 14.0 Å². The Kier molecular flexibility index (Phi) is 7.10. The number of fused-ring (bicyclic) bond motifs is 2. The molecule has 1 amide bonds. The molecule has 0 saturated heterocycles. The molecule has 4 rings (SSSR count). The fraction of sp³-hybridized carbons (Fsp3) is 0.296. The normalized spacial score (nSPS) is 11.8. The second kappa shape index (κ2) is 10.3. The lowest BCUT2D eigenvalue weighted by molar-refractivity contribution is 0.0523. The number of benzene rings is 1. The molecule has 0 radical (unpaired) electrons. The Hall–Kier alpha value is -4.47. The monoisotopic (exact) mass is 504 g/mol. The number of carbonyl (C=O) groups excluding carboxylic acids is 2. The molecule has 10 nitrogen and oxygen atoms in total. The van der Waals surface area contributed by atoms with Crippen LogP contribution in [-0.4, -0.2) is 46.7 Å². The molecule has 37 heavy (non-hydrogen) atoms. The van der Waals surface area contributed by atoms with Crippen molar-refractivity contribution >= 4 is 28.6 Å². The second-order valence-corrected chi connectivity index (χ2v) is 8.59. The van der Waals surface area contributed by atoms with Crippen molar-refractivity contribution in [3.05, 3.63) is 75.1 Å². The fourth-order valence-corrected chi connectivity index (χ4v) is 4.14. The number of pyridine rings is 2. The fourth-order valence-electron chi connectivity index (χ4n) is 4.14. The number of esters is 1. The SMILES string of the molecule is CCOC(=O)c1cc2c(=O)n3cccc(C)c3nc2n(C(C)C)c1=NC(=O)c1ccc(OC)c(OC)c1. The van der Waals surface area contributed by atoms with Crippen LogP contribution in [0.5, 0.6) is 11.5 Å². The third-order valence-corrected chi connectivity index (χ3v) is 5.90. The Bertz CT molecular complexity index is 1670. The van der Waals surface area contributed by atoms with Crippen LogP contribution in [0.2, 0.25) is 0 Å². The first-order valence-electron chi connectivity index (χ1n) is 11.8. The van der Waals surface area contributed by atoms with Crippen LogP contribution < -0.4 is 20.5 Å². The molecule has 0 saturated carbocycles. The lowest BCUT2D eigenvalue weighted by atomic mass is 10.1. The van der Waals surface area contributed by atoms with Crippen LogP contribution in [0.25, 0.3) is 16.7 Å².